The van der Waals surface area contributed by atoms with Gasteiger partial charge in [0.15, 0.2) is 6.61 Å². The van der Waals surface area contributed by atoms with Crippen molar-refractivity contribution in [3.8, 4) is 17.2 Å². The fourth-order valence-corrected chi connectivity index (χ4v) is 2.49. The van der Waals surface area contributed by atoms with Crippen LogP contribution in [0.25, 0.3) is 0 Å². The number of hydrogen-bond donors (Lipinski definition) is 1. The van der Waals surface area contributed by atoms with Crippen LogP contribution in [0.4, 0.5) is 5.69 Å². The van der Waals surface area contributed by atoms with E-state index in [2.05, 4.69) is 21.2 Å². The molecule has 0 saturated carbocycles. The third kappa shape index (κ3) is 4.89. The van der Waals surface area contributed by atoms with Gasteiger partial charge in [0, 0.05) is 10.5 Å². The fourth-order valence-electron chi connectivity index (χ4n) is 2.08. The van der Waals surface area contributed by atoms with Gasteiger partial charge < -0.3 is 24.3 Å². The van der Waals surface area contributed by atoms with Gasteiger partial charge >= 0.3 is 5.97 Å². The van der Waals surface area contributed by atoms with E-state index in [9.17, 15) is 9.59 Å². The first-order valence-corrected chi connectivity index (χ1v) is 8.30. The molecule has 0 radical (unpaired) electrons. The monoisotopic (exact) mass is 423 g/mol. The van der Waals surface area contributed by atoms with E-state index in [0.29, 0.717) is 27.4 Å². The standard InChI is InChI=1S/C18H18BrNO6/c1-23-11-4-6-14(19)13(8-11)18(22)26-10-17(21)20-15-7-5-12(24-2)9-16(15)25-3/h4-9H,10H2,1-3H3,(H,20,21). The van der Waals surface area contributed by atoms with Crippen molar-refractivity contribution < 1.29 is 28.5 Å². The van der Waals surface area contributed by atoms with Crippen LogP contribution in [-0.4, -0.2) is 39.8 Å². The molecule has 26 heavy (non-hydrogen) atoms. The highest BCUT2D eigenvalue weighted by Gasteiger charge is 2.16. The number of esters is 1. The number of benzene rings is 2. The van der Waals surface area contributed by atoms with Crippen molar-refractivity contribution in [2.24, 2.45) is 0 Å². The number of hydrogen-bond acceptors (Lipinski definition) is 6. The second-order valence-electron chi connectivity index (χ2n) is 5.04. The Morgan fingerprint density at radius 2 is 1.62 bits per heavy atom. The van der Waals surface area contributed by atoms with Gasteiger partial charge in [-0.1, -0.05) is 0 Å². The van der Waals surface area contributed by atoms with E-state index >= 15 is 0 Å². The molecule has 0 saturated heterocycles. The second kappa shape index (κ2) is 9.10. The van der Waals surface area contributed by atoms with Crippen molar-refractivity contribution in [1.29, 1.82) is 0 Å². The molecule has 1 N–H and O–H groups in total. The Kier molecular flexibility index (Phi) is 6.85. The van der Waals surface area contributed by atoms with Crippen LogP contribution in [0.2, 0.25) is 0 Å². The summed E-state index contributed by atoms with van der Waals surface area (Å²) in [5, 5.41) is 2.62. The van der Waals surface area contributed by atoms with Crippen molar-refractivity contribution >= 4 is 33.5 Å². The van der Waals surface area contributed by atoms with Gasteiger partial charge in [0.05, 0.1) is 32.6 Å². The molecule has 0 heterocycles. The first-order valence-electron chi connectivity index (χ1n) is 7.51. The molecule has 0 aliphatic heterocycles. The predicted molar refractivity (Wildman–Crippen MR) is 99.2 cm³/mol. The summed E-state index contributed by atoms with van der Waals surface area (Å²) in [6.45, 7) is -0.447. The van der Waals surface area contributed by atoms with Crippen LogP contribution >= 0.6 is 15.9 Å². The zero-order chi connectivity index (χ0) is 19.1. The molecule has 8 heteroatoms. The molecule has 2 rings (SSSR count). The number of carbonyl (C=O) groups excluding carboxylic acids is 2. The zero-order valence-corrected chi connectivity index (χ0v) is 16.1. The van der Waals surface area contributed by atoms with Crippen LogP contribution in [0.5, 0.6) is 17.2 Å². The Labute approximate surface area is 159 Å². The van der Waals surface area contributed by atoms with Gasteiger partial charge in [-0.2, -0.15) is 0 Å². The summed E-state index contributed by atoms with van der Waals surface area (Å²) in [7, 11) is 4.50. The van der Waals surface area contributed by atoms with E-state index in [0.717, 1.165) is 0 Å². The van der Waals surface area contributed by atoms with Crippen LogP contribution in [0.1, 0.15) is 10.4 Å². The Hall–Kier alpha value is -2.74. The maximum absolute atomic E-state index is 12.2. The van der Waals surface area contributed by atoms with E-state index < -0.39 is 18.5 Å². The molecular weight excluding hydrogens is 406 g/mol. The lowest BCUT2D eigenvalue weighted by molar-refractivity contribution is -0.119. The number of carbonyl (C=O) groups is 2. The van der Waals surface area contributed by atoms with E-state index in [-0.39, 0.29) is 5.56 Å². The summed E-state index contributed by atoms with van der Waals surface area (Å²) in [5.41, 5.74) is 0.705. The summed E-state index contributed by atoms with van der Waals surface area (Å²) >= 11 is 3.27. The number of anilines is 1. The van der Waals surface area contributed by atoms with Gasteiger partial charge in [-0.3, -0.25) is 4.79 Å². The van der Waals surface area contributed by atoms with Crippen molar-refractivity contribution in [3.05, 3.63) is 46.4 Å². The fraction of sp³-hybridized carbons (Fsp3) is 0.222. The highest BCUT2D eigenvalue weighted by Crippen LogP contribution is 2.29. The molecule has 1 amide bonds. The number of rotatable bonds is 7. The minimum atomic E-state index is -0.646. The molecule has 0 unspecified atom stereocenters. The van der Waals surface area contributed by atoms with Crippen molar-refractivity contribution in [2.45, 2.75) is 0 Å². The minimum absolute atomic E-state index is 0.263. The van der Waals surface area contributed by atoms with Crippen LogP contribution in [0.3, 0.4) is 0 Å². The molecule has 0 atom stereocenters. The highest BCUT2D eigenvalue weighted by atomic mass is 79.9. The summed E-state index contributed by atoms with van der Waals surface area (Å²) in [5.74, 6) is 0.384. The lowest BCUT2D eigenvalue weighted by atomic mass is 10.2. The van der Waals surface area contributed by atoms with Gasteiger partial charge in [0.2, 0.25) is 0 Å². The number of nitrogens with one attached hydrogen (secondary N) is 1. The van der Waals surface area contributed by atoms with E-state index in [4.69, 9.17) is 18.9 Å². The summed E-state index contributed by atoms with van der Waals surface area (Å²) in [4.78, 5) is 24.2. The quantitative estimate of drug-likeness (QED) is 0.688. The Morgan fingerprint density at radius 1 is 0.962 bits per heavy atom. The number of ether oxygens (including phenoxy) is 4. The summed E-state index contributed by atoms with van der Waals surface area (Å²) < 4.78 is 21.0. The largest absolute Gasteiger partial charge is 0.497 e. The normalized spacial score (nSPS) is 10.0. The van der Waals surface area contributed by atoms with Crippen LogP contribution < -0.4 is 19.5 Å². The van der Waals surface area contributed by atoms with Gasteiger partial charge in [-0.25, -0.2) is 4.79 Å². The predicted octanol–water partition coefficient (Wildman–Crippen LogP) is 3.27. The topological polar surface area (TPSA) is 83.1 Å². The van der Waals surface area contributed by atoms with Crippen molar-refractivity contribution in [2.75, 3.05) is 33.3 Å². The minimum Gasteiger partial charge on any atom is -0.497 e. The van der Waals surface area contributed by atoms with Crippen LogP contribution in [0.15, 0.2) is 40.9 Å². The molecule has 138 valence electrons. The Morgan fingerprint density at radius 3 is 2.27 bits per heavy atom. The molecular formula is C18H18BrNO6. The molecule has 0 bridgehead atoms. The van der Waals surface area contributed by atoms with E-state index in [1.54, 1.807) is 30.3 Å². The first kappa shape index (κ1) is 19.6. The van der Waals surface area contributed by atoms with E-state index in [1.165, 1.54) is 27.4 Å². The van der Waals surface area contributed by atoms with Crippen molar-refractivity contribution in [3.63, 3.8) is 0 Å². The Balaban J connectivity index is 2.00. The van der Waals surface area contributed by atoms with Crippen LogP contribution in [-0.2, 0) is 9.53 Å². The molecule has 0 aromatic heterocycles. The van der Waals surface area contributed by atoms with Gasteiger partial charge in [0.25, 0.3) is 5.91 Å². The van der Waals surface area contributed by atoms with Crippen molar-refractivity contribution in [1.82, 2.24) is 0 Å². The average molecular weight is 424 g/mol. The third-order valence-electron chi connectivity index (χ3n) is 3.41. The third-order valence-corrected chi connectivity index (χ3v) is 4.10. The lowest BCUT2D eigenvalue weighted by Gasteiger charge is -2.12. The maximum atomic E-state index is 12.2. The molecule has 0 aliphatic rings. The summed E-state index contributed by atoms with van der Waals surface area (Å²) in [6, 6.07) is 9.83. The zero-order valence-electron chi connectivity index (χ0n) is 14.5. The van der Waals surface area contributed by atoms with Gasteiger partial charge in [-0.15, -0.1) is 0 Å². The molecule has 0 aliphatic carbocycles. The smallest absolute Gasteiger partial charge is 0.339 e. The SMILES string of the molecule is COc1ccc(NC(=O)COC(=O)c2cc(OC)ccc2Br)c(OC)c1. The lowest BCUT2D eigenvalue weighted by Crippen LogP contribution is -2.21. The summed E-state index contributed by atoms with van der Waals surface area (Å²) in [6.07, 6.45) is 0. The molecule has 2 aromatic carbocycles. The highest BCUT2D eigenvalue weighted by molar-refractivity contribution is 9.10. The number of halogens is 1. The van der Waals surface area contributed by atoms with Gasteiger partial charge in [-0.05, 0) is 46.3 Å². The molecule has 7 nitrogen and oxygen atoms in total. The van der Waals surface area contributed by atoms with Gasteiger partial charge in [0.1, 0.15) is 17.2 Å². The number of amides is 1. The maximum Gasteiger partial charge on any atom is 0.339 e. The number of methoxy groups -OCH3 is 3. The Bertz CT molecular complexity index is 808. The average Bonchev–Trinajstić information content (AvgIpc) is 2.66. The second-order valence-corrected chi connectivity index (χ2v) is 5.89. The molecule has 0 fully saturated rings. The molecule has 0 spiro atoms. The first-order chi connectivity index (χ1) is 12.5. The van der Waals surface area contributed by atoms with E-state index in [1.807, 2.05) is 0 Å². The van der Waals surface area contributed by atoms with Crippen LogP contribution in [0, 0.1) is 0 Å². The molecule has 2 aromatic rings.